The van der Waals surface area contributed by atoms with Gasteiger partial charge < -0.3 is 15.0 Å². The second-order valence-electron chi connectivity index (χ2n) is 8.74. The zero-order chi connectivity index (χ0) is 18.9. The predicted octanol–water partition coefficient (Wildman–Crippen LogP) is 2.32. The van der Waals surface area contributed by atoms with Crippen LogP contribution < -0.4 is 5.32 Å². The van der Waals surface area contributed by atoms with Crippen molar-refractivity contribution in [3.05, 3.63) is 35.4 Å². The Morgan fingerprint density at radius 2 is 1.93 bits per heavy atom. The van der Waals surface area contributed by atoms with E-state index in [0.717, 1.165) is 52.0 Å². The molecule has 1 amide bonds. The van der Waals surface area contributed by atoms with Crippen molar-refractivity contribution in [1.29, 1.82) is 0 Å². The van der Waals surface area contributed by atoms with Crippen molar-refractivity contribution in [2.45, 2.75) is 49.6 Å². The van der Waals surface area contributed by atoms with E-state index < -0.39 is 0 Å². The van der Waals surface area contributed by atoms with Gasteiger partial charge in [0, 0.05) is 39.4 Å². The molecule has 2 heterocycles. The lowest BCUT2D eigenvalue weighted by Gasteiger charge is -2.40. The first-order valence-corrected chi connectivity index (χ1v) is 10.4. The maximum Gasteiger partial charge on any atom is 0.236 e. The van der Waals surface area contributed by atoms with Crippen LogP contribution in [0.5, 0.6) is 0 Å². The molecule has 3 aliphatic rings. The van der Waals surface area contributed by atoms with Gasteiger partial charge in [-0.25, -0.2) is 0 Å². The van der Waals surface area contributed by atoms with Gasteiger partial charge in [-0.1, -0.05) is 24.3 Å². The average molecular weight is 372 g/mol. The Morgan fingerprint density at radius 3 is 2.63 bits per heavy atom. The summed E-state index contributed by atoms with van der Waals surface area (Å²) in [6.07, 6.45) is 5.73. The fourth-order valence-corrected chi connectivity index (χ4v) is 5.14. The molecule has 148 valence electrons. The van der Waals surface area contributed by atoms with Crippen LogP contribution in [-0.4, -0.2) is 68.7 Å². The molecular formula is C22H33N3O2. The molecule has 1 aromatic carbocycles. The van der Waals surface area contributed by atoms with Gasteiger partial charge >= 0.3 is 0 Å². The van der Waals surface area contributed by atoms with Gasteiger partial charge in [-0.15, -0.1) is 0 Å². The van der Waals surface area contributed by atoms with Crippen molar-refractivity contribution in [2.75, 3.05) is 46.9 Å². The summed E-state index contributed by atoms with van der Waals surface area (Å²) in [7, 11) is 3.68. The molecule has 0 bridgehead atoms. The number of carbonyl (C=O) groups excluding carboxylic acids is 1. The Kier molecular flexibility index (Phi) is 5.53. The highest BCUT2D eigenvalue weighted by Gasteiger charge is 2.45. The molecule has 2 saturated heterocycles. The number of ether oxygens (including phenoxy) is 1. The topological polar surface area (TPSA) is 44.8 Å². The van der Waals surface area contributed by atoms with Gasteiger partial charge in [0.05, 0.1) is 6.54 Å². The van der Waals surface area contributed by atoms with Gasteiger partial charge in [-0.3, -0.25) is 9.69 Å². The average Bonchev–Trinajstić information content (AvgIpc) is 2.98. The largest absolute Gasteiger partial charge is 0.381 e. The standard InChI is InChI=1S/C22H33N3O2/c1-24(2)21(26)16-25-11-9-22(10-12-25)15-20(18-5-3-4-6-19(18)22)23-17-7-13-27-14-8-17/h3-6,17,20,23H,7-16H2,1-2H3. The zero-order valence-corrected chi connectivity index (χ0v) is 16.7. The monoisotopic (exact) mass is 371 g/mol. The zero-order valence-electron chi connectivity index (χ0n) is 16.7. The molecule has 1 atom stereocenters. The number of likely N-dealkylation sites (N-methyl/N-ethyl adjacent to an activating group) is 1. The summed E-state index contributed by atoms with van der Waals surface area (Å²) in [6.45, 7) is 4.34. The molecule has 4 rings (SSSR count). The molecule has 0 aromatic heterocycles. The number of rotatable bonds is 4. The molecule has 2 fully saturated rings. The number of carbonyl (C=O) groups is 1. The van der Waals surface area contributed by atoms with E-state index >= 15 is 0 Å². The van der Waals surface area contributed by atoms with Crippen LogP contribution in [0.3, 0.4) is 0 Å². The highest BCUT2D eigenvalue weighted by Crippen LogP contribution is 2.50. The summed E-state index contributed by atoms with van der Waals surface area (Å²) >= 11 is 0. The SMILES string of the molecule is CN(C)C(=O)CN1CCC2(CC1)CC(NC1CCOCC1)c1ccccc12. The van der Waals surface area contributed by atoms with E-state index in [1.807, 2.05) is 14.1 Å². The van der Waals surface area contributed by atoms with Crippen LogP contribution in [0.1, 0.15) is 49.3 Å². The number of hydrogen-bond acceptors (Lipinski definition) is 4. The molecule has 27 heavy (non-hydrogen) atoms. The van der Waals surface area contributed by atoms with Crippen LogP contribution in [0.25, 0.3) is 0 Å². The van der Waals surface area contributed by atoms with Crippen LogP contribution in [0, 0.1) is 0 Å². The van der Waals surface area contributed by atoms with Gasteiger partial charge in [0.25, 0.3) is 0 Å². The summed E-state index contributed by atoms with van der Waals surface area (Å²) in [4.78, 5) is 16.1. The number of hydrogen-bond donors (Lipinski definition) is 1. The molecular weight excluding hydrogens is 338 g/mol. The third-order valence-electron chi connectivity index (χ3n) is 6.83. The van der Waals surface area contributed by atoms with Crippen LogP contribution in [0.4, 0.5) is 0 Å². The number of fused-ring (bicyclic) bond motifs is 2. The van der Waals surface area contributed by atoms with Gasteiger partial charge in [0.2, 0.25) is 5.91 Å². The number of amides is 1. The third kappa shape index (κ3) is 3.91. The van der Waals surface area contributed by atoms with Crippen LogP contribution >= 0.6 is 0 Å². The fraction of sp³-hybridized carbons (Fsp3) is 0.682. The van der Waals surface area contributed by atoms with Crippen molar-refractivity contribution in [3.63, 3.8) is 0 Å². The van der Waals surface area contributed by atoms with Gasteiger partial charge in [0.1, 0.15) is 0 Å². The molecule has 1 spiro atoms. The van der Waals surface area contributed by atoms with Crippen molar-refractivity contribution >= 4 is 5.91 Å². The summed E-state index contributed by atoms with van der Waals surface area (Å²) < 4.78 is 5.53. The molecule has 0 radical (unpaired) electrons. The van der Waals surface area contributed by atoms with Crippen molar-refractivity contribution in [2.24, 2.45) is 0 Å². The highest BCUT2D eigenvalue weighted by molar-refractivity contribution is 5.77. The minimum Gasteiger partial charge on any atom is -0.381 e. The Bertz CT molecular complexity index is 661. The second kappa shape index (κ2) is 7.90. The second-order valence-corrected chi connectivity index (χ2v) is 8.74. The van der Waals surface area contributed by atoms with E-state index in [9.17, 15) is 4.79 Å². The van der Waals surface area contributed by atoms with Gasteiger partial charge in [-0.2, -0.15) is 0 Å². The Labute approximate surface area is 163 Å². The minimum atomic E-state index is 0.205. The highest BCUT2D eigenvalue weighted by atomic mass is 16.5. The molecule has 1 N–H and O–H groups in total. The van der Waals surface area contributed by atoms with Gasteiger partial charge in [0.15, 0.2) is 0 Å². The van der Waals surface area contributed by atoms with E-state index in [-0.39, 0.29) is 11.3 Å². The molecule has 2 aliphatic heterocycles. The predicted molar refractivity (Wildman–Crippen MR) is 107 cm³/mol. The molecule has 5 nitrogen and oxygen atoms in total. The minimum absolute atomic E-state index is 0.205. The maximum atomic E-state index is 12.1. The maximum absolute atomic E-state index is 12.1. The molecule has 1 aliphatic carbocycles. The van der Waals surface area contributed by atoms with E-state index in [4.69, 9.17) is 4.74 Å². The first-order valence-electron chi connectivity index (χ1n) is 10.4. The number of benzene rings is 1. The number of nitrogens with zero attached hydrogens (tertiary/aromatic N) is 2. The lowest BCUT2D eigenvalue weighted by Crippen LogP contribution is -2.46. The quantitative estimate of drug-likeness (QED) is 0.882. The van der Waals surface area contributed by atoms with Crippen LogP contribution in [-0.2, 0) is 14.9 Å². The molecule has 0 saturated carbocycles. The molecule has 1 aromatic rings. The van der Waals surface area contributed by atoms with Crippen molar-refractivity contribution in [1.82, 2.24) is 15.1 Å². The summed E-state index contributed by atoms with van der Waals surface area (Å²) in [5, 5.41) is 3.95. The van der Waals surface area contributed by atoms with Crippen LogP contribution in [0.15, 0.2) is 24.3 Å². The lowest BCUT2D eigenvalue weighted by atomic mass is 9.73. The smallest absolute Gasteiger partial charge is 0.236 e. The fourth-order valence-electron chi connectivity index (χ4n) is 5.14. The van der Waals surface area contributed by atoms with E-state index in [2.05, 4.69) is 34.5 Å². The van der Waals surface area contributed by atoms with E-state index in [0.29, 0.717) is 18.6 Å². The summed E-state index contributed by atoms with van der Waals surface area (Å²) in [5.74, 6) is 0.205. The van der Waals surface area contributed by atoms with Crippen molar-refractivity contribution < 1.29 is 9.53 Å². The summed E-state index contributed by atoms with van der Waals surface area (Å²) in [5.41, 5.74) is 3.33. The number of likely N-dealkylation sites (tertiary alicyclic amines) is 1. The van der Waals surface area contributed by atoms with E-state index in [1.165, 1.54) is 12.0 Å². The molecule has 1 unspecified atom stereocenters. The first kappa shape index (κ1) is 18.9. The summed E-state index contributed by atoms with van der Waals surface area (Å²) in [6, 6.07) is 10.1. The Balaban J connectivity index is 1.45. The normalized spacial score (nSPS) is 25.5. The Morgan fingerprint density at radius 1 is 1.22 bits per heavy atom. The lowest BCUT2D eigenvalue weighted by molar-refractivity contribution is -0.130. The van der Waals surface area contributed by atoms with E-state index in [1.54, 1.807) is 10.5 Å². The number of nitrogens with one attached hydrogen (secondary N) is 1. The van der Waals surface area contributed by atoms with Crippen LogP contribution in [0.2, 0.25) is 0 Å². The molecule has 5 heteroatoms. The van der Waals surface area contributed by atoms with Crippen molar-refractivity contribution in [3.8, 4) is 0 Å². The Hall–Kier alpha value is -1.43. The van der Waals surface area contributed by atoms with Gasteiger partial charge in [-0.05, 0) is 61.7 Å². The third-order valence-corrected chi connectivity index (χ3v) is 6.83. The number of piperidine rings is 1. The first-order chi connectivity index (χ1) is 13.1.